The topological polar surface area (TPSA) is 123 Å². The van der Waals surface area contributed by atoms with E-state index in [4.69, 9.17) is 21.4 Å². The summed E-state index contributed by atoms with van der Waals surface area (Å²) in [5.74, 6) is -1.03. The Balaban J connectivity index is 1.07. The van der Waals surface area contributed by atoms with Crippen LogP contribution in [0.5, 0.6) is 0 Å². The average Bonchev–Trinajstić information content (AvgIpc) is 3.60. The van der Waals surface area contributed by atoms with E-state index in [-0.39, 0.29) is 43.3 Å². The Hall–Kier alpha value is -4.65. The number of nitrogens with zero attached hydrogens (tertiary/aromatic N) is 4. The number of benzene rings is 4. The van der Waals surface area contributed by atoms with Gasteiger partial charge in [-0.3, -0.25) is 14.4 Å². The second kappa shape index (κ2) is 14.4. The molecule has 3 amide bonds. The first-order chi connectivity index (χ1) is 26.4. The zero-order valence-corrected chi connectivity index (χ0v) is 32.9. The number of hydrogen-bond acceptors (Lipinski definition) is 7. The Morgan fingerprint density at radius 2 is 1.67 bits per heavy atom. The minimum Gasteiger partial charge on any atom is -0.432 e. The fourth-order valence-electron chi connectivity index (χ4n) is 9.26. The Labute approximate surface area is 327 Å². The molecular weight excluding hydrogens is 732 g/mol. The van der Waals surface area contributed by atoms with Crippen molar-refractivity contribution >= 4 is 54.7 Å². The third kappa shape index (κ3) is 6.61. The van der Waals surface area contributed by atoms with Crippen LogP contribution < -0.4 is 9.91 Å². The predicted octanol–water partition coefficient (Wildman–Crippen LogP) is 6.55. The Morgan fingerprint density at radius 1 is 0.964 bits per heavy atom. The van der Waals surface area contributed by atoms with Gasteiger partial charge in [0.05, 0.1) is 48.8 Å². The Bertz CT molecular complexity index is 2180. The summed E-state index contributed by atoms with van der Waals surface area (Å²) >= 11 is 6.61. The molecule has 4 aromatic carbocycles. The molecule has 1 fully saturated rings. The van der Waals surface area contributed by atoms with Crippen molar-refractivity contribution < 1.29 is 29.0 Å². The highest BCUT2D eigenvalue weighted by molar-refractivity contribution is 6.71. The number of amides is 3. The average molecular weight is 777 g/mol. The van der Waals surface area contributed by atoms with Gasteiger partial charge >= 0.3 is 0 Å². The minimum atomic E-state index is -3.05. The maximum Gasteiger partial charge on any atom is 0.264 e. The molecule has 4 aliphatic rings. The lowest BCUT2D eigenvalue weighted by molar-refractivity contribution is -0.151. The van der Waals surface area contributed by atoms with Gasteiger partial charge in [0.1, 0.15) is 0 Å². The normalized spacial score (nSPS) is 25.0. The van der Waals surface area contributed by atoms with E-state index >= 15 is 0 Å². The fourth-order valence-corrected chi connectivity index (χ4v) is 12.0. The number of aliphatic hydroxyl groups is 1. The van der Waals surface area contributed by atoms with Crippen LogP contribution in [0.15, 0.2) is 102 Å². The van der Waals surface area contributed by atoms with E-state index in [1.165, 1.54) is 5.01 Å². The molecular formula is C43H45ClN4O6Si. The van der Waals surface area contributed by atoms with E-state index in [2.05, 4.69) is 0 Å². The van der Waals surface area contributed by atoms with E-state index in [0.29, 0.717) is 47.8 Å². The van der Waals surface area contributed by atoms with Gasteiger partial charge in [-0.15, -0.1) is 0 Å². The standard InChI is InChI=1S/C43H45ClN4O6Si/c1-27-41(55(2,3)53)38(23-40(51)46-25-31-12-8-7-11-30(31)21-34(46)26-49)54-43(27)35-22-32(44)15-19-37(35)47(42(43)52)24-28-13-16-33(17-14-28)48-39(50)20-18-36(45-48)29-9-5-4-6-10-29/h4-17,19,22,27,34,38,41,49,53H,18,20-21,23-26H2,1-3H3/t27-,34-,38+,41-,43+/m0/s1. The van der Waals surface area contributed by atoms with Crippen LogP contribution in [0.4, 0.5) is 11.4 Å². The number of carbonyl (C=O) groups excluding carboxylic acids is 3. The highest BCUT2D eigenvalue weighted by Crippen LogP contribution is 2.60. The second-order valence-electron chi connectivity index (χ2n) is 15.7. The number of anilines is 2. The van der Waals surface area contributed by atoms with Crippen molar-refractivity contribution in [2.24, 2.45) is 11.0 Å². The number of hydrazone groups is 1. The molecule has 0 saturated carbocycles. The maximum absolute atomic E-state index is 15.0. The number of aliphatic hydroxyl groups excluding tert-OH is 1. The van der Waals surface area contributed by atoms with Crippen LogP contribution >= 0.6 is 11.6 Å². The summed E-state index contributed by atoms with van der Waals surface area (Å²) in [5, 5.41) is 16.9. The van der Waals surface area contributed by atoms with Crippen molar-refractivity contribution in [3.05, 3.63) is 130 Å². The summed E-state index contributed by atoms with van der Waals surface area (Å²) in [6.45, 7) is 6.02. The van der Waals surface area contributed by atoms with Crippen molar-refractivity contribution in [2.45, 2.75) is 82.1 Å². The summed E-state index contributed by atoms with van der Waals surface area (Å²) in [4.78, 5) is 57.3. The van der Waals surface area contributed by atoms with Crippen LogP contribution in [0.25, 0.3) is 0 Å². The number of carbonyl (C=O) groups is 3. The van der Waals surface area contributed by atoms with Gasteiger partial charge in [-0.05, 0) is 72.1 Å². The van der Waals surface area contributed by atoms with E-state index in [1.807, 2.05) is 105 Å². The SMILES string of the molecule is C[C@H]1[C@H]([Si](C)(C)O)[C@@H](CC(=O)N2Cc3ccccc3C[C@H]2CO)O[C@]12C(=O)N(Cc1ccc(N3N=C(c4ccccc4)CCC3=O)cc1)c1ccc(Cl)cc12. The van der Waals surface area contributed by atoms with Crippen molar-refractivity contribution in [1.82, 2.24) is 4.90 Å². The van der Waals surface area contributed by atoms with Gasteiger partial charge in [0.15, 0.2) is 13.9 Å². The summed E-state index contributed by atoms with van der Waals surface area (Å²) < 4.78 is 6.94. The maximum atomic E-state index is 15.0. The molecule has 12 heteroatoms. The number of halogens is 1. The molecule has 284 valence electrons. The van der Waals surface area contributed by atoms with Crippen LogP contribution in [0, 0.1) is 5.92 Å². The minimum absolute atomic E-state index is 0.0409. The third-order valence-electron chi connectivity index (χ3n) is 11.9. The Kier molecular flexibility index (Phi) is 9.79. The van der Waals surface area contributed by atoms with Gasteiger partial charge < -0.3 is 24.4 Å². The monoisotopic (exact) mass is 776 g/mol. The van der Waals surface area contributed by atoms with Crippen molar-refractivity contribution in [3.8, 4) is 0 Å². The van der Waals surface area contributed by atoms with E-state index in [0.717, 1.165) is 28.0 Å². The number of rotatable bonds is 8. The smallest absolute Gasteiger partial charge is 0.264 e. The van der Waals surface area contributed by atoms with Gasteiger partial charge in [-0.25, -0.2) is 5.01 Å². The molecule has 2 N–H and O–H groups in total. The molecule has 10 nitrogen and oxygen atoms in total. The first kappa shape index (κ1) is 37.3. The van der Waals surface area contributed by atoms with E-state index in [1.54, 1.807) is 21.9 Å². The molecule has 0 bridgehead atoms. The van der Waals surface area contributed by atoms with Gasteiger partial charge in [0, 0.05) is 41.4 Å². The fraction of sp³-hybridized carbons (Fsp3) is 0.349. The van der Waals surface area contributed by atoms with E-state index in [9.17, 15) is 24.3 Å². The zero-order valence-electron chi connectivity index (χ0n) is 31.2. The molecule has 4 aliphatic heterocycles. The lowest BCUT2D eigenvalue weighted by atomic mass is 9.82. The lowest BCUT2D eigenvalue weighted by Gasteiger charge is -2.37. The first-order valence-electron chi connectivity index (χ1n) is 18.9. The van der Waals surface area contributed by atoms with E-state index < -0.39 is 31.5 Å². The quantitative estimate of drug-likeness (QED) is 0.196. The van der Waals surface area contributed by atoms with Crippen LogP contribution in [-0.2, 0) is 44.2 Å². The Morgan fingerprint density at radius 3 is 2.38 bits per heavy atom. The molecule has 0 radical (unpaired) electrons. The molecule has 0 aromatic heterocycles. The molecule has 8 rings (SSSR count). The summed E-state index contributed by atoms with van der Waals surface area (Å²) in [6.07, 6.45) is 0.684. The number of hydrogen-bond donors (Lipinski definition) is 2. The molecule has 0 unspecified atom stereocenters. The van der Waals surface area contributed by atoms with Crippen molar-refractivity contribution in [3.63, 3.8) is 0 Å². The molecule has 0 aliphatic carbocycles. The number of fused-ring (bicyclic) bond motifs is 3. The van der Waals surface area contributed by atoms with Crippen LogP contribution in [0.3, 0.4) is 0 Å². The van der Waals surface area contributed by atoms with Crippen molar-refractivity contribution in [2.75, 3.05) is 16.5 Å². The molecule has 4 heterocycles. The van der Waals surface area contributed by atoms with Crippen LogP contribution in [-0.4, -0.2) is 65.3 Å². The molecule has 4 aromatic rings. The molecule has 55 heavy (non-hydrogen) atoms. The number of ether oxygens (including phenoxy) is 1. The second-order valence-corrected chi connectivity index (χ2v) is 20.1. The summed E-state index contributed by atoms with van der Waals surface area (Å²) in [6, 6.07) is 30.2. The predicted molar refractivity (Wildman–Crippen MR) is 214 cm³/mol. The van der Waals surface area contributed by atoms with Gasteiger partial charge in [0.2, 0.25) is 11.8 Å². The van der Waals surface area contributed by atoms with Gasteiger partial charge in [-0.1, -0.05) is 85.3 Å². The largest absolute Gasteiger partial charge is 0.432 e. The highest BCUT2D eigenvalue weighted by Gasteiger charge is 2.66. The summed E-state index contributed by atoms with van der Waals surface area (Å²) in [5.41, 5.74) is 4.79. The summed E-state index contributed by atoms with van der Waals surface area (Å²) in [7, 11) is -3.05. The highest BCUT2D eigenvalue weighted by atomic mass is 35.5. The third-order valence-corrected chi connectivity index (χ3v) is 14.6. The van der Waals surface area contributed by atoms with Crippen LogP contribution in [0.2, 0.25) is 23.7 Å². The first-order valence-corrected chi connectivity index (χ1v) is 22.3. The van der Waals surface area contributed by atoms with Gasteiger partial charge in [-0.2, -0.15) is 5.10 Å². The zero-order chi connectivity index (χ0) is 38.6. The molecule has 1 saturated heterocycles. The van der Waals surface area contributed by atoms with Crippen molar-refractivity contribution in [1.29, 1.82) is 0 Å². The van der Waals surface area contributed by atoms with Gasteiger partial charge in [0.25, 0.3) is 5.91 Å². The lowest BCUT2D eigenvalue weighted by Crippen LogP contribution is -2.48. The van der Waals surface area contributed by atoms with Crippen LogP contribution in [0.1, 0.15) is 54.0 Å². The molecule has 5 atom stereocenters. The molecule has 1 spiro atoms.